The van der Waals surface area contributed by atoms with E-state index in [-0.39, 0.29) is 24.8 Å². The molecule has 0 spiro atoms. The lowest BCUT2D eigenvalue weighted by molar-refractivity contribution is -0.221. The molecule has 0 aliphatic carbocycles. The molecule has 154 valence electrons. The minimum absolute atomic E-state index is 0.119. The van der Waals surface area contributed by atoms with Gasteiger partial charge in [0.15, 0.2) is 5.79 Å². The molecule has 3 rings (SSSR count). The Hall–Kier alpha value is -2.77. The zero-order valence-corrected chi connectivity index (χ0v) is 16.5. The molecule has 1 aliphatic rings. The van der Waals surface area contributed by atoms with Gasteiger partial charge in [0.1, 0.15) is 18.5 Å². The first-order valence-corrected chi connectivity index (χ1v) is 9.41. The van der Waals surface area contributed by atoms with E-state index in [9.17, 15) is 14.0 Å². The van der Waals surface area contributed by atoms with Crippen LogP contribution in [0.4, 0.5) is 9.18 Å². The first-order chi connectivity index (χ1) is 14.0. The number of hydrogen-bond donors (Lipinski definition) is 0. The van der Waals surface area contributed by atoms with E-state index in [0.717, 1.165) is 5.56 Å². The minimum atomic E-state index is -1.10. The highest BCUT2D eigenvalue weighted by Gasteiger charge is 2.39. The second-order valence-electron chi connectivity index (χ2n) is 6.79. The Labute approximate surface area is 169 Å². The van der Waals surface area contributed by atoms with Crippen molar-refractivity contribution in [2.24, 2.45) is 0 Å². The van der Waals surface area contributed by atoms with Crippen LogP contribution < -0.4 is 0 Å². The smallest absolute Gasteiger partial charge is 0.417 e. The van der Waals surface area contributed by atoms with Crippen LogP contribution in [0, 0.1) is 5.82 Å². The van der Waals surface area contributed by atoms with Crippen molar-refractivity contribution in [1.82, 2.24) is 4.90 Å². The normalized spacial score (nSPS) is 16.7. The standard InChI is InChI=1S/C22H24FNO5/c1-27-22(28-2,17-10-12-18(23)13-11-17)14-6-9-20(25)24-19(15-29-21(24)26)16-7-4-3-5-8-16/h3-5,7-8,10-13,19H,6,9,14-15H2,1-2H3/t19-/m1/s1. The van der Waals surface area contributed by atoms with Crippen molar-refractivity contribution in [3.05, 3.63) is 71.5 Å². The van der Waals surface area contributed by atoms with E-state index < -0.39 is 17.9 Å². The fourth-order valence-electron chi connectivity index (χ4n) is 3.58. The number of ether oxygens (including phenoxy) is 3. The molecule has 0 N–H and O–H groups in total. The van der Waals surface area contributed by atoms with Gasteiger partial charge in [-0.1, -0.05) is 42.5 Å². The molecule has 2 aromatic rings. The molecule has 1 heterocycles. The van der Waals surface area contributed by atoms with Crippen molar-refractivity contribution in [3.63, 3.8) is 0 Å². The van der Waals surface area contributed by atoms with Gasteiger partial charge in [-0.2, -0.15) is 0 Å². The molecule has 1 saturated heterocycles. The number of halogens is 1. The number of imide groups is 1. The van der Waals surface area contributed by atoms with Crippen LogP contribution in [0.25, 0.3) is 0 Å². The van der Waals surface area contributed by atoms with Crippen LogP contribution in [0.1, 0.15) is 36.4 Å². The van der Waals surface area contributed by atoms with Crippen molar-refractivity contribution in [2.75, 3.05) is 20.8 Å². The van der Waals surface area contributed by atoms with E-state index in [0.29, 0.717) is 18.4 Å². The average molecular weight is 401 g/mol. The molecule has 6 nitrogen and oxygen atoms in total. The number of amides is 2. The van der Waals surface area contributed by atoms with Gasteiger partial charge in [-0.25, -0.2) is 14.1 Å². The van der Waals surface area contributed by atoms with E-state index >= 15 is 0 Å². The molecule has 1 atom stereocenters. The maximum absolute atomic E-state index is 13.3. The second-order valence-corrected chi connectivity index (χ2v) is 6.79. The predicted molar refractivity (Wildman–Crippen MR) is 103 cm³/mol. The Balaban J connectivity index is 1.67. The van der Waals surface area contributed by atoms with Crippen molar-refractivity contribution in [3.8, 4) is 0 Å². The molecule has 29 heavy (non-hydrogen) atoms. The Morgan fingerprint density at radius 1 is 1.14 bits per heavy atom. The van der Waals surface area contributed by atoms with Gasteiger partial charge in [0.25, 0.3) is 0 Å². The molecule has 0 unspecified atom stereocenters. The van der Waals surface area contributed by atoms with Crippen molar-refractivity contribution in [2.45, 2.75) is 31.1 Å². The Morgan fingerprint density at radius 3 is 2.41 bits per heavy atom. The SMILES string of the molecule is COC(CCCC(=O)N1C(=O)OC[C@@H]1c1ccccc1)(OC)c1ccc(F)cc1. The molecular formula is C22H24FNO5. The summed E-state index contributed by atoms with van der Waals surface area (Å²) in [5.41, 5.74) is 1.50. The Bertz CT molecular complexity index is 836. The van der Waals surface area contributed by atoms with Gasteiger partial charge in [-0.05, 0) is 24.1 Å². The van der Waals surface area contributed by atoms with Crippen LogP contribution in [-0.4, -0.2) is 37.7 Å². The molecule has 0 bridgehead atoms. The molecule has 1 fully saturated rings. The highest BCUT2D eigenvalue weighted by atomic mass is 19.1. The van der Waals surface area contributed by atoms with Gasteiger partial charge >= 0.3 is 6.09 Å². The summed E-state index contributed by atoms with van der Waals surface area (Å²) in [5, 5.41) is 0. The average Bonchev–Trinajstić information content (AvgIpc) is 3.14. The summed E-state index contributed by atoms with van der Waals surface area (Å²) in [4.78, 5) is 26.1. The summed E-state index contributed by atoms with van der Waals surface area (Å²) in [7, 11) is 3.00. The highest BCUT2D eigenvalue weighted by Crippen LogP contribution is 2.33. The first-order valence-electron chi connectivity index (χ1n) is 9.41. The summed E-state index contributed by atoms with van der Waals surface area (Å²) < 4.78 is 29.5. The van der Waals surface area contributed by atoms with Crippen LogP contribution in [-0.2, 0) is 24.8 Å². The number of benzene rings is 2. The van der Waals surface area contributed by atoms with Crippen LogP contribution >= 0.6 is 0 Å². The first kappa shape index (κ1) is 21.0. The topological polar surface area (TPSA) is 65.1 Å². The largest absolute Gasteiger partial charge is 0.446 e. The molecule has 1 aliphatic heterocycles. The van der Waals surface area contributed by atoms with Crippen LogP contribution in [0.2, 0.25) is 0 Å². The van der Waals surface area contributed by atoms with Crippen LogP contribution in [0.5, 0.6) is 0 Å². The quantitative estimate of drug-likeness (QED) is 0.622. The number of nitrogens with zero attached hydrogens (tertiary/aromatic N) is 1. The number of carbonyl (C=O) groups excluding carboxylic acids is 2. The number of hydrogen-bond acceptors (Lipinski definition) is 5. The van der Waals surface area contributed by atoms with Gasteiger partial charge in [0.05, 0.1) is 0 Å². The van der Waals surface area contributed by atoms with Crippen LogP contribution in [0.3, 0.4) is 0 Å². The van der Waals surface area contributed by atoms with Crippen molar-refractivity contribution in [1.29, 1.82) is 0 Å². The van der Waals surface area contributed by atoms with Crippen molar-refractivity contribution < 1.29 is 28.2 Å². The van der Waals surface area contributed by atoms with Crippen LogP contribution in [0.15, 0.2) is 54.6 Å². The van der Waals surface area contributed by atoms with E-state index in [1.165, 1.54) is 31.3 Å². The molecule has 0 saturated carbocycles. The van der Waals surface area contributed by atoms with Gasteiger partial charge in [0, 0.05) is 32.6 Å². The monoisotopic (exact) mass is 401 g/mol. The highest BCUT2D eigenvalue weighted by molar-refractivity contribution is 5.93. The molecule has 0 radical (unpaired) electrons. The van der Waals surface area contributed by atoms with Gasteiger partial charge in [-0.3, -0.25) is 4.79 Å². The zero-order chi connectivity index (χ0) is 20.9. The minimum Gasteiger partial charge on any atom is -0.446 e. The second kappa shape index (κ2) is 9.15. The third-order valence-electron chi connectivity index (χ3n) is 5.17. The van der Waals surface area contributed by atoms with E-state index in [2.05, 4.69) is 0 Å². The fraction of sp³-hybridized carbons (Fsp3) is 0.364. The molecule has 0 aromatic heterocycles. The number of methoxy groups -OCH3 is 2. The molecular weight excluding hydrogens is 377 g/mol. The van der Waals surface area contributed by atoms with E-state index in [1.807, 2.05) is 30.3 Å². The lowest BCUT2D eigenvalue weighted by Crippen LogP contribution is -2.35. The summed E-state index contributed by atoms with van der Waals surface area (Å²) in [5.74, 6) is -1.77. The number of cyclic esters (lactones) is 1. The van der Waals surface area contributed by atoms with Gasteiger partial charge < -0.3 is 14.2 Å². The summed E-state index contributed by atoms with van der Waals surface area (Å²) >= 11 is 0. The number of carbonyl (C=O) groups is 2. The van der Waals surface area contributed by atoms with Gasteiger partial charge in [0.2, 0.25) is 5.91 Å². The zero-order valence-electron chi connectivity index (χ0n) is 16.5. The third kappa shape index (κ3) is 4.46. The fourth-order valence-corrected chi connectivity index (χ4v) is 3.58. The lowest BCUT2D eigenvalue weighted by atomic mass is 9.98. The van der Waals surface area contributed by atoms with Gasteiger partial charge in [-0.15, -0.1) is 0 Å². The summed E-state index contributed by atoms with van der Waals surface area (Å²) in [6, 6.07) is 14.7. The number of rotatable bonds is 8. The summed E-state index contributed by atoms with van der Waals surface area (Å²) in [6.07, 6.45) is 0.250. The maximum atomic E-state index is 13.3. The van der Waals surface area contributed by atoms with E-state index in [4.69, 9.17) is 14.2 Å². The maximum Gasteiger partial charge on any atom is 0.417 e. The predicted octanol–water partition coefficient (Wildman–Crippen LogP) is 4.16. The van der Waals surface area contributed by atoms with Crippen molar-refractivity contribution >= 4 is 12.0 Å². The summed E-state index contributed by atoms with van der Waals surface area (Å²) in [6.45, 7) is 0.143. The molecule has 2 aromatic carbocycles. The molecule has 7 heteroatoms. The Morgan fingerprint density at radius 2 is 1.79 bits per heavy atom. The Kier molecular flexibility index (Phi) is 6.61. The third-order valence-corrected chi connectivity index (χ3v) is 5.17. The van der Waals surface area contributed by atoms with E-state index in [1.54, 1.807) is 12.1 Å². The lowest BCUT2D eigenvalue weighted by Gasteiger charge is -2.31. The molecule has 2 amide bonds.